The van der Waals surface area contributed by atoms with E-state index in [9.17, 15) is 18.0 Å². The summed E-state index contributed by atoms with van der Waals surface area (Å²) in [5.41, 5.74) is 0.572. The number of sulfone groups is 1. The Bertz CT molecular complexity index is 686. The standard InChI is InChI=1S/C15H19NO6S2/c1-21-12-4-2-11(3-5-12)16-14(17)8-22-15(18)9-23-13-6-7-24(19,20)10-13/h2-5,13H,6-10H2,1H3,(H,16,17)/t13-/m1/s1. The van der Waals surface area contributed by atoms with E-state index in [0.29, 0.717) is 17.9 Å². The van der Waals surface area contributed by atoms with E-state index in [0.717, 1.165) is 0 Å². The summed E-state index contributed by atoms with van der Waals surface area (Å²) < 4.78 is 32.5. The second-order valence-corrected chi connectivity index (χ2v) is 8.79. The number of esters is 1. The highest BCUT2D eigenvalue weighted by Gasteiger charge is 2.28. The van der Waals surface area contributed by atoms with E-state index in [-0.39, 0.29) is 29.1 Å². The van der Waals surface area contributed by atoms with E-state index >= 15 is 0 Å². The lowest BCUT2D eigenvalue weighted by atomic mass is 10.3. The van der Waals surface area contributed by atoms with Crippen molar-refractivity contribution in [1.82, 2.24) is 0 Å². The number of nitrogens with one attached hydrogen (secondary N) is 1. The summed E-state index contributed by atoms with van der Waals surface area (Å²) in [4.78, 5) is 23.3. The second-order valence-electron chi connectivity index (χ2n) is 5.27. The normalized spacial score (nSPS) is 18.8. The van der Waals surface area contributed by atoms with Gasteiger partial charge in [-0.2, -0.15) is 0 Å². The third-order valence-electron chi connectivity index (χ3n) is 3.37. The zero-order chi connectivity index (χ0) is 17.6. The highest BCUT2D eigenvalue weighted by Crippen LogP contribution is 2.24. The smallest absolute Gasteiger partial charge is 0.316 e. The van der Waals surface area contributed by atoms with Crippen LogP contribution >= 0.6 is 11.8 Å². The van der Waals surface area contributed by atoms with E-state index in [1.165, 1.54) is 11.8 Å². The maximum Gasteiger partial charge on any atom is 0.316 e. The molecule has 1 heterocycles. The minimum Gasteiger partial charge on any atom is -0.497 e. The van der Waals surface area contributed by atoms with E-state index in [1.807, 2.05) is 0 Å². The largest absolute Gasteiger partial charge is 0.497 e. The number of anilines is 1. The molecule has 0 aliphatic carbocycles. The Labute approximate surface area is 145 Å². The van der Waals surface area contributed by atoms with Gasteiger partial charge in [0, 0.05) is 10.9 Å². The summed E-state index contributed by atoms with van der Waals surface area (Å²) in [5, 5.41) is 2.53. The lowest BCUT2D eigenvalue weighted by molar-refractivity contribution is -0.144. The Balaban J connectivity index is 1.66. The number of carbonyl (C=O) groups excluding carboxylic acids is 2. The number of rotatable bonds is 7. The monoisotopic (exact) mass is 373 g/mol. The van der Waals surface area contributed by atoms with E-state index < -0.39 is 21.7 Å². The minimum absolute atomic E-state index is 0.0377. The molecule has 1 aromatic rings. The van der Waals surface area contributed by atoms with Crippen molar-refractivity contribution in [2.45, 2.75) is 11.7 Å². The van der Waals surface area contributed by atoms with E-state index in [4.69, 9.17) is 9.47 Å². The minimum atomic E-state index is -2.95. The second kappa shape index (κ2) is 8.39. The highest BCUT2D eigenvalue weighted by atomic mass is 32.2. The Morgan fingerprint density at radius 3 is 2.58 bits per heavy atom. The summed E-state index contributed by atoms with van der Waals surface area (Å²) >= 11 is 1.25. The predicted octanol–water partition coefficient (Wildman–Crippen LogP) is 1.10. The van der Waals surface area contributed by atoms with Gasteiger partial charge < -0.3 is 14.8 Å². The number of ether oxygens (including phenoxy) is 2. The molecule has 1 amide bonds. The van der Waals surface area contributed by atoms with E-state index in [2.05, 4.69) is 5.32 Å². The molecule has 1 fully saturated rings. The summed E-state index contributed by atoms with van der Waals surface area (Å²) in [6.07, 6.45) is 0.554. The number of amides is 1. The molecule has 1 atom stereocenters. The van der Waals surface area contributed by atoms with Crippen molar-refractivity contribution < 1.29 is 27.5 Å². The number of thioether (sulfide) groups is 1. The van der Waals surface area contributed by atoms with Crippen molar-refractivity contribution in [2.24, 2.45) is 0 Å². The number of hydrogen-bond acceptors (Lipinski definition) is 7. The number of carbonyl (C=O) groups is 2. The lowest BCUT2D eigenvalue weighted by Gasteiger charge is -2.09. The maximum atomic E-state index is 11.7. The predicted molar refractivity (Wildman–Crippen MR) is 92.1 cm³/mol. The molecule has 0 bridgehead atoms. The fraction of sp³-hybridized carbons (Fsp3) is 0.467. The molecule has 9 heteroatoms. The number of benzene rings is 1. The van der Waals surface area contributed by atoms with Crippen molar-refractivity contribution in [3.63, 3.8) is 0 Å². The van der Waals surface area contributed by atoms with Crippen LogP contribution in [0.1, 0.15) is 6.42 Å². The van der Waals surface area contributed by atoms with Crippen molar-refractivity contribution in [3.05, 3.63) is 24.3 Å². The van der Waals surface area contributed by atoms with Crippen LogP contribution < -0.4 is 10.1 Å². The van der Waals surface area contributed by atoms with Crippen molar-refractivity contribution in [3.8, 4) is 5.75 Å². The number of hydrogen-bond donors (Lipinski definition) is 1. The van der Waals surface area contributed by atoms with Crippen LogP contribution in [0.4, 0.5) is 5.69 Å². The SMILES string of the molecule is COc1ccc(NC(=O)COC(=O)CS[C@@H]2CCS(=O)(=O)C2)cc1. The lowest BCUT2D eigenvalue weighted by Crippen LogP contribution is -2.22. The first kappa shape index (κ1) is 18.6. The first-order valence-electron chi connectivity index (χ1n) is 7.29. The Morgan fingerprint density at radius 2 is 2.00 bits per heavy atom. The Hall–Kier alpha value is -1.74. The molecular formula is C15H19NO6S2. The maximum absolute atomic E-state index is 11.7. The molecule has 1 aliphatic rings. The molecule has 1 aromatic carbocycles. The van der Waals surface area contributed by atoms with Gasteiger partial charge >= 0.3 is 5.97 Å². The third kappa shape index (κ3) is 6.04. The van der Waals surface area contributed by atoms with Crippen LogP contribution in [-0.2, 0) is 24.2 Å². The fourth-order valence-electron chi connectivity index (χ4n) is 2.14. The Morgan fingerprint density at radius 1 is 1.29 bits per heavy atom. The molecular weight excluding hydrogens is 354 g/mol. The van der Waals surface area contributed by atoms with Crippen LogP contribution in [0, 0.1) is 0 Å². The van der Waals surface area contributed by atoms with Crippen LogP contribution in [0.5, 0.6) is 5.75 Å². The van der Waals surface area contributed by atoms with E-state index in [1.54, 1.807) is 31.4 Å². The summed E-state index contributed by atoms with van der Waals surface area (Å²) in [6, 6.07) is 6.76. The van der Waals surface area contributed by atoms with Crippen LogP contribution in [0.2, 0.25) is 0 Å². The van der Waals surface area contributed by atoms with Gasteiger partial charge in [-0.15, -0.1) is 11.8 Å². The van der Waals surface area contributed by atoms with Crippen LogP contribution in [0.25, 0.3) is 0 Å². The molecule has 0 unspecified atom stereocenters. The average molecular weight is 373 g/mol. The quantitative estimate of drug-likeness (QED) is 0.715. The van der Waals surface area contributed by atoms with Crippen molar-refractivity contribution >= 4 is 39.2 Å². The van der Waals surface area contributed by atoms with Gasteiger partial charge in [0.15, 0.2) is 16.4 Å². The van der Waals surface area contributed by atoms with Crippen LogP contribution in [0.3, 0.4) is 0 Å². The molecule has 0 saturated carbocycles. The molecule has 0 aromatic heterocycles. The van der Waals surface area contributed by atoms with Crippen LogP contribution in [0.15, 0.2) is 24.3 Å². The Kier molecular flexibility index (Phi) is 6.50. The first-order chi connectivity index (χ1) is 11.4. The molecule has 24 heavy (non-hydrogen) atoms. The summed E-state index contributed by atoms with van der Waals surface area (Å²) in [7, 11) is -1.41. The summed E-state index contributed by atoms with van der Waals surface area (Å²) in [6.45, 7) is -0.381. The molecule has 7 nitrogen and oxygen atoms in total. The van der Waals surface area contributed by atoms with Crippen molar-refractivity contribution in [1.29, 1.82) is 0 Å². The van der Waals surface area contributed by atoms with Gasteiger partial charge in [-0.25, -0.2) is 8.42 Å². The fourth-order valence-corrected chi connectivity index (χ4v) is 5.58. The summed E-state index contributed by atoms with van der Waals surface area (Å²) in [5.74, 6) is 0.00427. The van der Waals surface area contributed by atoms with Gasteiger partial charge in [0.2, 0.25) is 0 Å². The number of methoxy groups -OCH3 is 1. The average Bonchev–Trinajstić information content (AvgIpc) is 2.91. The molecule has 1 N–H and O–H groups in total. The third-order valence-corrected chi connectivity index (χ3v) is 6.62. The molecule has 1 aliphatic heterocycles. The highest BCUT2D eigenvalue weighted by molar-refractivity contribution is 8.02. The van der Waals surface area contributed by atoms with Gasteiger partial charge in [-0.1, -0.05) is 0 Å². The molecule has 1 saturated heterocycles. The first-order valence-corrected chi connectivity index (χ1v) is 10.2. The zero-order valence-electron chi connectivity index (χ0n) is 13.2. The van der Waals surface area contributed by atoms with Gasteiger partial charge in [-0.05, 0) is 30.7 Å². The molecule has 2 rings (SSSR count). The van der Waals surface area contributed by atoms with Gasteiger partial charge in [0.05, 0.1) is 24.4 Å². The van der Waals surface area contributed by atoms with Gasteiger partial charge in [0.25, 0.3) is 5.91 Å². The molecule has 0 radical (unpaired) electrons. The molecule has 132 valence electrons. The van der Waals surface area contributed by atoms with Crippen molar-refractivity contribution in [2.75, 3.05) is 36.3 Å². The van der Waals surface area contributed by atoms with Gasteiger partial charge in [-0.3, -0.25) is 9.59 Å². The van der Waals surface area contributed by atoms with Crippen LogP contribution in [-0.4, -0.2) is 56.5 Å². The topological polar surface area (TPSA) is 98.8 Å². The zero-order valence-corrected chi connectivity index (χ0v) is 14.8. The molecule has 0 spiro atoms. The van der Waals surface area contributed by atoms with Gasteiger partial charge in [0.1, 0.15) is 5.75 Å².